The van der Waals surface area contributed by atoms with Gasteiger partial charge in [-0.2, -0.15) is 0 Å². The van der Waals surface area contributed by atoms with Gasteiger partial charge in [0.2, 0.25) is 6.86 Å². The third-order valence-electron chi connectivity index (χ3n) is 2.38. The van der Waals surface area contributed by atoms with Gasteiger partial charge >= 0.3 is 11.9 Å². The summed E-state index contributed by atoms with van der Waals surface area (Å²) in [5.41, 5.74) is 0.167. The Bertz CT molecular complexity index is 472. The van der Waals surface area contributed by atoms with E-state index in [1.165, 1.54) is 6.20 Å². The van der Waals surface area contributed by atoms with E-state index in [4.69, 9.17) is 15.1 Å². The number of hydrogen-bond acceptors (Lipinski definition) is 7. The normalized spacial score (nSPS) is 14.9. The van der Waals surface area contributed by atoms with Crippen molar-refractivity contribution in [3.63, 3.8) is 0 Å². The predicted octanol–water partition coefficient (Wildman–Crippen LogP) is 0.149. The van der Waals surface area contributed by atoms with Crippen LogP contribution in [0.5, 0.6) is 0 Å². The molecule has 0 spiro atoms. The SMILES string of the molecule is O=C(O)C1=C(COCC=NO)NC=C(C(=O)OCF)C1. The van der Waals surface area contributed by atoms with Crippen molar-refractivity contribution in [3.8, 4) is 0 Å². The third kappa shape index (κ3) is 4.35. The third-order valence-corrected chi connectivity index (χ3v) is 2.38. The van der Waals surface area contributed by atoms with Crippen LogP contribution in [0.2, 0.25) is 0 Å². The van der Waals surface area contributed by atoms with Crippen molar-refractivity contribution in [1.29, 1.82) is 0 Å². The van der Waals surface area contributed by atoms with E-state index < -0.39 is 18.8 Å². The predicted molar refractivity (Wildman–Crippen MR) is 63.7 cm³/mol. The number of carbonyl (C=O) groups excluding carboxylic acids is 1. The van der Waals surface area contributed by atoms with Crippen LogP contribution in [0.15, 0.2) is 28.2 Å². The van der Waals surface area contributed by atoms with Gasteiger partial charge in [0.15, 0.2) is 0 Å². The summed E-state index contributed by atoms with van der Waals surface area (Å²) in [6.07, 6.45) is 2.13. The number of nitrogens with zero attached hydrogens (tertiary/aromatic N) is 1. The van der Waals surface area contributed by atoms with Gasteiger partial charge < -0.3 is 25.1 Å². The van der Waals surface area contributed by atoms with Gasteiger partial charge in [-0.05, 0) is 0 Å². The molecule has 0 aromatic heterocycles. The van der Waals surface area contributed by atoms with Crippen LogP contribution < -0.4 is 5.32 Å². The van der Waals surface area contributed by atoms with Crippen LogP contribution in [-0.4, -0.2) is 48.5 Å². The van der Waals surface area contributed by atoms with Crippen LogP contribution in [-0.2, 0) is 19.1 Å². The molecule has 1 aliphatic heterocycles. The monoisotopic (exact) mass is 288 g/mol. The average molecular weight is 288 g/mol. The van der Waals surface area contributed by atoms with Crippen molar-refractivity contribution in [2.75, 3.05) is 20.1 Å². The molecule has 0 amide bonds. The molecule has 0 radical (unpaired) electrons. The van der Waals surface area contributed by atoms with Gasteiger partial charge in [0.1, 0.15) is 0 Å². The molecule has 20 heavy (non-hydrogen) atoms. The van der Waals surface area contributed by atoms with Gasteiger partial charge in [0.25, 0.3) is 0 Å². The number of hydrogen-bond donors (Lipinski definition) is 3. The molecule has 9 heteroatoms. The number of rotatable bonds is 7. The quantitative estimate of drug-likeness (QED) is 0.201. The molecule has 0 aromatic rings. The molecule has 110 valence electrons. The van der Waals surface area contributed by atoms with E-state index in [0.29, 0.717) is 0 Å². The van der Waals surface area contributed by atoms with Crippen molar-refractivity contribution >= 4 is 18.2 Å². The number of aliphatic carboxylic acids is 1. The van der Waals surface area contributed by atoms with Crippen molar-refractivity contribution < 1.29 is 33.8 Å². The lowest BCUT2D eigenvalue weighted by atomic mass is 10.0. The summed E-state index contributed by atoms with van der Waals surface area (Å²) in [6, 6.07) is 0. The van der Waals surface area contributed by atoms with Crippen molar-refractivity contribution in [2.45, 2.75) is 6.42 Å². The second-order valence-corrected chi connectivity index (χ2v) is 3.61. The summed E-state index contributed by atoms with van der Waals surface area (Å²) < 4.78 is 21.1. The van der Waals surface area contributed by atoms with Gasteiger partial charge in [-0.1, -0.05) is 5.16 Å². The topological polar surface area (TPSA) is 117 Å². The summed E-state index contributed by atoms with van der Waals surface area (Å²) >= 11 is 0. The van der Waals surface area contributed by atoms with Crippen LogP contribution in [0.3, 0.4) is 0 Å². The van der Waals surface area contributed by atoms with Crippen LogP contribution >= 0.6 is 0 Å². The summed E-state index contributed by atoms with van der Waals surface area (Å²) in [5, 5.41) is 22.5. The number of halogens is 1. The maximum Gasteiger partial charge on any atom is 0.338 e. The number of nitrogens with one attached hydrogen (secondary N) is 1. The number of carbonyl (C=O) groups is 2. The smallest absolute Gasteiger partial charge is 0.338 e. The first-order valence-corrected chi connectivity index (χ1v) is 5.47. The van der Waals surface area contributed by atoms with E-state index in [0.717, 1.165) is 6.21 Å². The Balaban J connectivity index is 2.71. The highest BCUT2D eigenvalue weighted by Crippen LogP contribution is 2.20. The van der Waals surface area contributed by atoms with Gasteiger partial charge in [-0.15, -0.1) is 0 Å². The van der Waals surface area contributed by atoms with Gasteiger partial charge in [0.05, 0.1) is 36.3 Å². The Morgan fingerprint density at radius 3 is 2.90 bits per heavy atom. The summed E-state index contributed by atoms with van der Waals surface area (Å²) in [6.45, 7) is -1.36. The van der Waals surface area contributed by atoms with E-state index in [1.54, 1.807) is 0 Å². The van der Waals surface area contributed by atoms with E-state index in [2.05, 4.69) is 15.2 Å². The first-order valence-electron chi connectivity index (χ1n) is 5.47. The minimum atomic E-state index is -1.28. The van der Waals surface area contributed by atoms with Gasteiger partial charge in [-0.25, -0.2) is 14.0 Å². The zero-order chi connectivity index (χ0) is 15.0. The van der Waals surface area contributed by atoms with Crippen molar-refractivity contribution in [2.24, 2.45) is 5.16 Å². The Hall–Kier alpha value is -2.42. The first-order chi connectivity index (χ1) is 9.60. The van der Waals surface area contributed by atoms with Crippen LogP contribution in [0, 0.1) is 0 Å². The minimum absolute atomic E-state index is 0.000667. The number of alkyl halides is 1. The molecule has 1 aliphatic rings. The molecule has 0 fully saturated rings. The average Bonchev–Trinajstić information content (AvgIpc) is 2.43. The first kappa shape index (κ1) is 15.6. The number of oxime groups is 1. The van der Waals surface area contributed by atoms with Gasteiger partial charge in [0, 0.05) is 12.6 Å². The lowest BCUT2D eigenvalue weighted by Crippen LogP contribution is -2.26. The molecule has 0 bridgehead atoms. The zero-order valence-electron chi connectivity index (χ0n) is 10.3. The molecule has 1 rings (SSSR count). The fourth-order valence-corrected chi connectivity index (χ4v) is 1.46. The molecule has 0 unspecified atom stereocenters. The standard InChI is InChI=1S/C11H13FN2O6/c12-6-20-11(17)7-3-8(10(15)16)9(13-4-7)5-19-2-1-14-18/h1,4,13,18H,2-3,5-6H2,(H,15,16). The summed E-state index contributed by atoms with van der Waals surface area (Å²) in [7, 11) is 0. The Labute approximate surface area is 113 Å². The van der Waals surface area contributed by atoms with Crippen molar-refractivity contribution in [1.82, 2.24) is 5.32 Å². The largest absolute Gasteiger partial charge is 0.478 e. The van der Waals surface area contributed by atoms with E-state index in [9.17, 15) is 14.0 Å². The molecular weight excluding hydrogens is 275 g/mol. The molecule has 8 nitrogen and oxygen atoms in total. The summed E-state index contributed by atoms with van der Waals surface area (Å²) in [5.74, 6) is -2.16. The molecule has 0 aliphatic carbocycles. The Morgan fingerprint density at radius 1 is 1.55 bits per heavy atom. The second kappa shape index (κ2) is 7.89. The molecule has 1 heterocycles. The maximum atomic E-state index is 11.9. The number of ether oxygens (including phenoxy) is 2. The fraction of sp³-hybridized carbons (Fsp3) is 0.364. The second-order valence-electron chi connectivity index (χ2n) is 3.61. The number of carboxylic acids is 1. The molecule has 0 atom stereocenters. The van der Waals surface area contributed by atoms with Crippen LogP contribution in [0.25, 0.3) is 0 Å². The zero-order valence-corrected chi connectivity index (χ0v) is 10.3. The maximum absolute atomic E-state index is 11.9. The highest BCUT2D eigenvalue weighted by molar-refractivity contribution is 5.95. The van der Waals surface area contributed by atoms with E-state index >= 15 is 0 Å². The lowest BCUT2D eigenvalue weighted by Gasteiger charge is -2.18. The number of carboxylic acid groups (broad SMARTS) is 1. The van der Waals surface area contributed by atoms with Gasteiger partial charge in [-0.3, -0.25) is 0 Å². The molecule has 0 saturated heterocycles. The Kier molecular flexibility index (Phi) is 6.17. The molecular formula is C11H13FN2O6. The molecule has 0 saturated carbocycles. The van der Waals surface area contributed by atoms with E-state index in [-0.39, 0.29) is 36.5 Å². The lowest BCUT2D eigenvalue weighted by molar-refractivity contribution is -0.143. The summed E-state index contributed by atoms with van der Waals surface area (Å²) in [4.78, 5) is 22.4. The highest BCUT2D eigenvalue weighted by atomic mass is 19.1. The number of dihydropyridines is 1. The van der Waals surface area contributed by atoms with Crippen molar-refractivity contribution in [3.05, 3.63) is 23.0 Å². The fourth-order valence-electron chi connectivity index (χ4n) is 1.46. The minimum Gasteiger partial charge on any atom is -0.478 e. The van der Waals surface area contributed by atoms with Crippen LogP contribution in [0.4, 0.5) is 4.39 Å². The van der Waals surface area contributed by atoms with E-state index in [1.807, 2.05) is 0 Å². The van der Waals surface area contributed by atoms with Crippen LogP contribution in [0.1, 0.15) is 6.42 Å². The number of esters is 1. The molecule has 3 N–H and O–H groups in total. The Morgan fingerprint density at radius 2 is 2.30 bits per heavy atom. The molecule has 0 aromatic carbocycles. The highest BCUT2D eigenvalue weighted by Gasteiger charge is 2.24.